The monoisotopic (exact) mass is 522 g/mol. The van der Waals surface area contributed by atoms with Gasteiger partial charge in [0.1, 0.15) is 5.76 Å². The first-order valence-electron chi connectivity index (χ1n) is 10.2. The molecule has 0 bridgehead atoms. The van der Waals surface area contributed by atoms with E-state index in [4.69, 9.17) is 51.4 Å². The highest BCUT2D eigenvalue weighted by Gasteiger charge is 2.18. The Morgan fingerprint density at radius 3 is 2.48 bits per heavy atom. The number of nitrogens with one attached hydrogen (secondary N) is 2. The molecule has 0 atom stereocenters. The minimum absolute atomic E-state index is 0.0913. The Balaban J connectivity index is 1.38. The normalized spacial score (nSPS) is 14.2. The number of carbonyl (C=O) groups excluding carboxylic acids is 1. The van der Waals surface area contributed by atoms with Crippen molar-refractivity contribution in [1.29, 1.82) is 0 Å². The van der Waals surface area contributed by atoms with Gasteiger partial charge in [-0.2, -0.15) is 0 Å². The maximum Gasteiger partial charge on any atom is 0.293 e. The van der Waals surface area contributed by atoms with Crippen LogP contribution in [0.5, 0.6) is 0 Å². The molecule has 2 aromatic carbocycles. The van der Waals surface area contributed by atoms with Gasteiger partial charge in [0, 0.05) is 37.4 Å². The highest BCUT2D eigenvalue weighted by molar-refractivity contribution is 7.80. The molecule has 0 unspecified atom stereocenters. The Morgan fingerprint density at radius 2 is 1.76 bits per heavy atom. The molecule has 1 aliphatic heterocycles. The van der Waals surface area contributed by atoms with Crippen LogP contribution in [0.3, 0.4) is 0 Å². The quantitative estimate of drug-likeness (QED) is 0.422. The second-order valence-corrected chi connectivity index (χ2v) is 9.23. The van der Waals surface area contributed by atoms with E-state index in [9.17, 15) is 4.79 Å². The summed E-state index contributed by atoms with van der Waals surface area (Å²) in [5.41, 5.74) is 2.25. The van der Waals surface area contributed by atoms with Crippen molar-refractivity contribution in [3.05, 3.63) is 69.4 Å². The Morgan fingerprint density at radius 1 is 1.00 bits per heavy atom. The summed E-state index contributed by atoms with van der Waals surface area (Å²) < 4.78 is 5.66. The molecular weight excluding hydrogens is 503 g/mol. The zero-order valence-corrected chi connectivity index (χ0v) is 20.8. The van der Waals surface area contributed by atoms with Gasteiger partial charge >= 0.3 is 0 Å². The maximum atomic E-state index is 12.6. The van der Waals surface area contributed by atoms with Gasteiger partial charge < -0.3 is 19.5 Å². The second kappa shape index (κ2) is 10.3. The number of likely N-dealkylation sites (N-methyl/N-ethyl adjacent to an activating group) is 1. The number of thiocarbonyl (C=S) groups is 1. The van der Waals surface area contributed by atoms with Gasteiger partial charge in [-0.1, -0.05) is 40.9 Å². The summed E-state index contributed by atoms with van der Waals surface area (Å²) in [7, 11) is 2.11. The van der Waals surface area contributed by atoms with Crippen LogP contribution in [0.1, 0.15) is 10.6 Å². The lowest BCUT2D eigenvalue weighted by molar-refractivity contribution is 0.0951. The zero-order chi connectivity index (χ0) is 23.5. The van der Waals surface area contributed by atoms with E-state index in [1.807, 2.05) is 12.1 Å². The van der Waals surface area contributed by atoms with Gasteiger partial charge in [-0.3, -0.25) is 10.1 Å². The molecule has 6 nitrogen and oxygen atoms in total. The van der Waals surface area contributed by atoms with Crippen molar-refractivity contribution in [2.75, 3.05) is 43.4 Å². The molecule has 2 heterocycles. The summed E-state index contributed by atoms with van der Waals surface area (Å²) in [5, 5.41) is 7.09. The fraction of sp³-hybridized carbons (Fsp3) is 0.217. The molecule has 1 fully saturated rings. The van der Waals surface area contributed by atoms with Crippen LogP contribution < -0.4 is 15.5 Å². The van der Waals surface area contributed by atoms with Gasteiger partial charge in [0.15, 0.2) is 10.9 Å². The van der Waals surface area contributed by atoms with E-state index in [1.165, 1.54) is 0 Å². The van der Waals surface area contributed by atoms with E-state index in [1.54, 1.807) is 36.4 Å². The molecule has 172 valence electrons. The predicted octanol–water partition coefficient (Wildman–Crippen LogP) is 5.79. The van der Waals surface area contributed by atoms with Crippen molar-refractivity contribution in [1.82, 2.24) is 10.2 Å². The largest absolute Gasteiger partial charge is 0.451 e. The lowest BCUT2D eigenvalue weighted by Gasteiger charge is -2.34. The number of hydrogen-bond acceptors (Lipinski definition) is 5. The summed E-state index contributed by atoms with van der Waals surface area (Å²) in [4.78, 5) is 17.1. The van der Waals surface area contributed by atoms with Gasteiger partial charge in [-0.15, -0.1) is 0 Å². The number of amides is 1. The number of benzene rings is 2. The third kappa shape index (κ3) is 5.62. The Hall–Kier alpha value is -2.29. The molecule has 3 aromatic rings. The number of hydrogen-bond donors (Lipinski definition) is 2. The summed E-state index contributed by atoms with van der Waals surface area (Å²) in [6, 6.07) is 14.0. The Bertz CT molecular complexity index is 1190. The first-order chi connectivity index (χ1) is 15.8. The summed E-state index contributed by atoms with van der Waals surface area (Å²) >= 11 is 24.1. The molecule has 0 aliphatic carbocycles. The standard InChI is InChI=1S/C23H21Cl3N4O2S/c1-29-9-11-30(12-10-29)18-6-5-14(13-17(18)25)27-23(33)28-22(31)20-8-7-19(32-20)15-3-2-4-16(24)21(15)26/h2-8,13H,9-12H2,1H3,(H2,27,28,31,33). The van der Waals surface area contributed by atoms with Crippen LogP contribution in [-0.4, -0.2) is 49.1 Å². The molecule has 0 saturated carbocycles. The lowest BCUT2D eigenvalue weighted by Crippen LogP contribution is -2.44. The van der Waals surface area contributed by atoms with E-state index < -0.39 is 5.91 Å². The second-order valence-electron chi connectivity index (χ2n) is 7.63. The average Bonchev–Trinajstić information content (AvgIpc) is 3.27. The number of carbonyl (C=O) groups is 1. The van der Waals surface area contributed by atoms with Gasteiger partial charge in [-0.05, 0) is 61.7 Å². The van der Waals surface area contributed by atoms with E-state index in [0.29, 0.717) is 32.1 Å². The minimum atomic E-state index is -0.489. The third-order valence-electron chi connectivity index (χ3n) is 5.32. The van der Waals surface area contributed by atoms with Crippen molar-refractivity contribution in [2.45, 2.75) is 0 Å². The van der Waals surface area contributed by atoms with E-state index in [0.717, 1.165) is 31.9 Å². The number of furan rings is 1. The summed E-state index contributed by atoms with van der Waals surface area (Å²) in [6.45, 7) is 3.82. The molecule has 0 spiro atoms. The molecule has 0 radical (unpaired) electrons. The zero-order valence-electron chi connectivity index (χ0n) is 17.7. The maximum absolute atomic E-state index is 12.6. The topological polar surface area (TPSA) is 60.8 Å². The van der Waals surface area contributed by atoms with Crippen LogP contribution in [0.2, 0.25) is 15.1 Å². The Labute approximate surface area is 212 Å². The van der Waals surface area contributed by atoms with Gasteiger partial charge in [0.25, 0.3) is 5.91 Å². The molecule has 1 aromatic heterocycles. The fourth-order valence-electron chi connectivity index (χ4n) is 3.51. The molecule has 1 aliphatic rings. The average molecular weight is 524 g/mol. The minimum Gasteiger partial charge on any atom is -0.451 e. The molecule has 10 heteroatoms. The Kier molecular flexibility index (Phi) is 7.46. The van der Waals surface area contributed by atoms with Crippen LogP contribution in [0.25, 0.3) is 11.3 Å². The molecule has 1 saturated heterocycles. The van der Waals surface area contributed by atoms with Crippen molar-refractivity contribution in [2.24, 2.45) is 0 Å². The number of rotatable bonds is 4. The number of halogens is 3. The summed E-state index contributed by atoms with van der Waals surface area (Å²) in [5.74, 6) is 0.0310. The highest BCUT2D eigenvalue weighted by Crippen LogP contribution is 2.34. The number of anilines is 2. The van der Waals surface area contributed by atoms with Crippen molar-refractivity contribution in [3.8, 4) is 11.3 Å². The van der Waals surface area contributed by atoms with Crippen LogP contribution in [0.4, 0.5) is 11.4 Å². The molecular formula is C23H21Cl3N4O2S. The lowest BCUT2D eigenvalue weighted by atomic mass is 10.2. The highest BCUT2D eigenvalue weighted by atomic mass is 35.5. The molecule has 2 N–H and O–H groups in total. The smallest absolute Gasteiger partial charge is 0.293 e. The molecule has 4 rings (SSSR count). The van der Waals surface area contributed by atoms with Crippen LogP contribution in [-0.2, 0) is 0 Å². The van der Waals surface area contributed by atoms with Crippen molar-refractivity contribution in [3.63, 3.8) is 0 Å². The predicted molar refractivity (Wildman–Crippen MR) is 139 cm³/mol. The first kappa shape index (κ1) is 23.9. The van der Waals surface area contributed by atoms with E-state index >= 15 is 0 Å². The van der Waals surface area contributed by atoms with Crippen molar-refractivity contribution < 1.29 is 9.21 Å². The van der Waals surface area contributed by atoms with Crippen molar-refractivity contribution >= 4 is 69.4 Å². The van der Waals surface area contributed by atoms with E-state index in [2.05, 4.69) is 27.5 Å². The molecule has 1 amide bonds. The van der Waals surface area contributed by atoms with Gasteiger partial charge in [0.2, 0.25) is 0 Å². The third-order valence-corrected chi connectivity index (χ3v) is 6.65. The SMILES string of the molecule is CN1CCN(c2ccc(NC(=S)NC(=O)c3ccc(-c4cccc(Cl)c4Cl)o3)cc2Cl)CC1. The van der Waals surface area contributed by atoms with Crippen LogP contribution >= 0.6 is 47.0 Å². The molecule has 33 heavy (non-hydrogen) atoms. The van der Waals surface area contributed by atoms with Crippen LogP contribution in [0, 0.1) is 0 Å². The number of piperazine rings is 1. The fourth-order valence-corrected chi connectivity index (χ4v) is 4.42. The number of nitrogens with zero attached hydrogens (tertiary/aromatic N) is 2. The van der Waals surface area contributed by atoms with E-state index in [-0.39, 0.29) is 10.9 Å². The summed E-state index contributed by atoms with van der Waals surface area (Å²) in [6.07, 6.45) is 0. The van der Waals surface area contributed by atoms with Crippen LogP contribution in [0.15, 0.2) is 52.9 Å². The van der Waals surface area contributed by atoms with Gasteiger partial charge in [-0.25, -0.2) is 0 Å². The first-order valence-corrected chi connectivity index (χ1v) is 11.8. The van der Waals surface area contributed by atoms with Gasteiger partial charge in [0.05, 0.1) is 20.8 Å².